The van der Waals surface area contributed by atoms with Gasteiger partial charge < -0.3 is 4.74 Å². The van der Waals surface area contributed by atoms with E-state index in [1.54, 1.807) is 12.3 Å². The van der Waals surface area contributed by atoms with Gasteiger partial charge in [-0.15, -0.1) is 0 Å². The Labute approximate surface area is 105 Å². The van der Waals surface area contributed by atoms with E-state index in [1.165, 1.54) is 25.9 Å². The van der Waals surface area contributed by atoms with E-state index in [-0.39, 0.29) is 0 Å². The second-order valence-corrected chi connectivity index (χ2v) is 4.68. The van der Waals surface area contributed by atoms with E-state index < -0.39 is 0 Å². The molecule has 1 aliphatic rings. The fourth-order valence-corrected chi connectivity index (χ4v) is 2.22. The van der Waals surface area contributed by atoms with Crippen molar-refractivity contribution >= 4 is 23.2 Å². The topological polar surface area (TPSA) is 25.4 Å². The Morgan fingerprint density at radius 2 is 2.06 bits per heavy atom. The zero-order valence-electron chi connectivity index (χ0n) is 8.96. The van der Waals surface area contributed by atoms with E-state index in [1.807, 2.05) is 0 Å². The molecule has 5 heteroatoms. The highest BCUT2D eigenvalue weighted by molar-refractivity contribution is 6.35. The van der Waals surface area contributed by atoms with Gasteiger partial charge in [0.25, 0.3) is 0 Å². The van der Waals surface area contributed by atoms with Crippen LogP contribution in [-0.2, 0) is 0 Å². The van der Waals surface area contributed by atoms with Crippen molar-refractivity contribution in [2.45, 2.75) is 12.8 Å². The maximum absolute atomic E-state index is 5.94. The Balaban J connectivity index is 1.80. The molecule has 0 atom stereocenters. The molecule has 1 aromatic heterocycles. The van der Waals surface area contributed by atoms with Crippen molar-refractivity contribution in [1.29, 1.82) is 0 Å². The molecule has 2 rings (SSSR count). The third-order valence-corrected chi connectivity index (χ3v) is 3.10. The molecule has 0 radical (unpaired) electrons. The van der Waals surface area contributed by atoms with Crippen LogP contribution < -0.4 is 4.74 Å². The molecule has 0 spiro atoms. The molecule has 0 saturated carbocycles. The molecule has 0 N–H and O–H groups in total. The average molecular weight is 261 g/mol. The predicted molar refractivity (Wildman–Crippen MR) is 65.4 cm³/mol. The van der Waals surface area contributed by atoms with Crippen molar-refractivity contribution in [2.24, 2.45) is 0 Å². The van der Waals surface area contributed by atoms with E-state index in [2.05, 4.69) is 9.88 Å². The number of aromatic nitrogens is 1. The Bertz CT molecular complexity index is 354. The van der Waals surface area contributed by atoms with E-state index in [0.29, 0.717) is 22.5 Å². The predicted octanol–water partition coefficient (Wildman–Crippen LogP) is 2.86. The van der Waals surface area contributed by atoms with E-state index >= 15 is 0 Å². The lowest BCUT2D eigenvalue weighted by Crippen LogP contribution is -2.25. The van der Waals surface area contributed by atoms with E-state index in [4.69, 9.17) is 27.9 Å². The standard InChI is InChI=1S/C11H14Cl2N2O/c12-9-7-10(13)11(14-8-9)16-6-5-15-3-1-2-4-15/h7-8H,1-6H2. The van der Waals surface area contributed by atoms with Crippen molar-refractivity contribution in [1.82, 2.24) is 9.88 Å². The van der Waals surface area contributed by atoms with Gasteiger partial charge in [-0.2, -0.15) is 0 Å². The zero-order valence-corrected chi connectivity index (χ0v) is 10.5. The van der Waals surface area contributed by atoms with Crippen LogP contribution in [0.3, 0.4) is 0 Å². The molecule has 0 bridgehead atoms. The molecule has 0 unspecified atom stereocenters. The first-order chi connectivity index (χ1) is 7.75. The van der Waals surface area contributed by atoms with Gasteiger partial charge in [0.1, 0.15) is 11.6 Å². The molecule has 1 aliphatic heterocycles. The first kappa shape index (κ1) is 12.0. The van der Waals surface area contributed by atoms with Gasteiger partial charge in [-0.05, 0) is 32.0 Å². The normalized spacial score (nSPS) is 16.6. The molecular weight excluding hydrogens is 247 g/mol. The van der Waals surface area contributed by atoms with Crippen LogP contribution in [0.2, 0.25) is 10.0 Å². The average Bonchev–Trinajstić information content (AvgIpc) is 2.74. The summed E-state index contributed by atoms with van der Waals surface area (Å²) in [6.45, 7) is 3.89. The summed E-state index contributed by atoms with van der Waals surface area (Å²) in [4.78, 5) is 6.42. The highest BCUT2D eigenvalue weighted by Gasteiger charge is 2.11. The fourth-order valence-electron chi connectivity index (χ4n) is 1.79. The van der Waals surface area contributed by atoms with E-state index in [9.17, 15) is 0 Å². The van der Waals surface area contributed by atoms with Crippen LogP contribution in [0, 0.1) is 0 Å². The highest BCUT2D eigenvalue weighted by Crippen LogP contribution is 2.24. The van der Waals surface area contributed by atoms with Crippen molar-refractivity contribution in [3.8, 4) is 5.88 Å². The summed E-state index contributed by atoms with van der Waals surface area (Å²) in [6.07, 6.45) is 4.12. The largest absolute Gasteiger partial charge is 0.475 e. The Kier molecular flexibility index (Phi) is 4.27. The number of hydrogen-bond acceptors (Lipinski definition) is 3. The minimum atomic E-state index is 0.463. The Hall–Kier alpha value is -0.510. The molecular formula is C11H14Cl2N2O. The summed E-state index contributed by atoms with van der Waals surface area (Å²) in [7, 11) is 0. The van der Waals surface area contributed by atoms with Crippen molar-refractivity contribution < 1.29 is 4.74 Å². The molecule has 0 aliphatic carbocycles. The number of ether oxygens (including phenoxy) is 1. The maximum atomic E-state index is 5.94. The van der Waals surface area contributed by atoms with Gasteiger partial charge >= 0.3 is 0 Å². The third kappa shape index (κ3) is 3.24. The van der Waals surface area contributed by atoms with Crippen LogP contribution in [0.5, 0.6) is 5.88 Å². The first-order valence-corrected chi connectivity index (χ1v) is 6.17. The number of likely N-dealkylation sites (tertiary alicyclic amines) is 1. The summed E-state index contributed by atoms with van der Waals surface area (Å²) in [5.74, 6) is 0.463. The minimum Gasteiger partial charge on any atom is -0.475 e. The number of pyridine rings is 1. The summed E-state index contributed by atoms with van der Waals surface area (Å²) in [5, 5.41) is 0.991. The van der Waals surface area contributed by atoms with Gasteiger partial charge in [-0.25, -0.2) is 4.98 Å². The van der Waals surface area contributed by atoms with Gasteiger partial charge in [0.15, 0.2) is 0 Å². The van der Waals surface area contributed by atoms with Gasteiger partial charge in [-0.3, -0.25) is 4.90 Å². The monoisotopic (exact) mass is 260 g/mol. The van der Waals surface area contributed by atoms with Crippen LogP contribution in [-0.4, -0.2) is 36.1 Å². The number of halogens is 2. The van der Waals surface area contributed by atoms with Gasteiger partial charge in [-0.1, -0.05) is 23.2 Å². The number of nitrogens with zero attached hydrogens (tertiary/aromatic N) is 2. The van der Waals surface area contributed by atoms with Gasteiger partial charge in [0.05, 0.1) is 5.02 Å². The maximum Gasteiger partial charge on any atom is 0.232 e. The molecule has 3 nitrogen and oxygen atoms in total. The fraction of sp³-hybridized carbons (Fsp3) is 0.545. The van der Waals surface area contributed by atoms with Crippen molar-refractivity contribution in [2.75, 3.05) is 26.2 Å². The van der Waals surface area contributed by atoms with Crippen LogP contribution in [0.15, 0.2) is 12.3 Å². The van der Waals surface area contributed by atoms with Crippen LogP contribution in [0.1, 0.15) is 12.8 Å². The first-order valence-electron chi connectivity index (χ1n) is 5.42. The Morgan fingerprint density at radius 3 is 2.75 bits per heavy atom. The zero-order chi connectivity index (χ0) is 11.4. The number of rotatable bonds is 4. The summed E-state index contributed by atoms with van der Waals surface area (Å²) < 4.78 is 5.51. The lowest BCUT2D eigenvalue weighted by Gasteiger charge is -2.14. The molecule has 1 saturated heterocycles. The molecule has 0 aromatic carbocycles. The summed E-state index contributed by atoms with van der Waals surface area (Å²) >= 11 is 11.7. The third-order valence-electron chi connectivity index (χ3n) is 2.62. The molecule has 1 fully saturated rings. The van der Waals surface area contributed by atoms with Gasteiger partial charge in [0, 0.05) is 12.7 Å². The Morgan fingerprint density at radius 1 is 1.31 bits per heavy atom. The SMILES string of the molecule is Clc1cnc(OCCN2CCCC2)c(Cl)c1. The molecule has 0 amide bonds. The van der Waals surface area contributed by atoms with Crippen LogP contribution in [0.25, 0.3) is 0 Å². The number of hydrogen-bond donors (Lipinski definition) is 0. The van der Waals surface area contributed by atoms with Crippen molar-refractivity contribution in [3.05, 3.63) is 22.3 Å². The quantitative estimate of drug-likeness (QED) is 0.833. The van der Waals surface area contributed by atoms with Gasteiger partial charge in [0.2, 0.25) is 5.88 Å². The highest BCUT2D eigenvalue weighted by atomic mass is 35.5. The van der Waals surface area contributed by atoms with E-state index in [0.717, 1.165) is 6.54 Å². The summed E-state index contributed by atoms with van der Waals surface area (Å²) in [5.41, 5.74) is 0. The lowest BCUT2D eigenvalue weighted by molar-refractivity contribution is 0.232. The van der Waals surface area contributed by atoms with Crippen LogP contribution >= 0.6 is 23.2 Å². The summed E-state index contributed by atoms with van der Waals surface area (Å²) in [6, 6.07) is 1.64. The molecule has 2 heterocycles. The minimum absolute atomic E-state index is 0.463. The lowest BCUT2D eigenvalue weighted by atomic mass is 10.4. The molecule has 16 heavy (non-hydrogen) atoms. The smallest absolute Gasteiger partial charge is 0.232 e. The molecule has 88 valence electrons. The van der Waals surface area contributed by atoms with Crippen LogP contribution in [0.4, 0.5) is 0 Å². The van der Waals surface area contributed by atoms with Crippen molar-refractivity contribution in [3.63, 3.8) is 0 Å². The molecule has 1 aromatic rings. The second-order valence-electron chi connectivity index (χ2n) is 3.84. The second kappa shape index (κ2) is 5.71.